The Morgan fingerprint density at radius 2 is 1.95 bits per heavy atom. The molecule has 0 fully saturated rings. The van der Waals surface area contributed by atoms with Crippen LogP contribution in [0.25, 0.3) is 27.3 Å². The molecule has 0 aliphatic carbocycles. The van der Waals surface area contributed by atoms with E-state index in [1.54, 1.807) is 24.5 Å². The Morgan fingerprint density at radius 1 is 1.13 bits per heavy atom. The molecule has 11 heteroatoms. The van der Waals surface area contributed by atoms with Crippen LogP contribution in [0.3, 0.4) is 0 Å². The molecule has 0 radical (unpaired) electrons. The molecule has 0 saturated carbocycles. The molecule has 0 saturated heterocycles. The second-order valence-corrected chi connectivity index (χ2v) is 10.6. The monoisotopic (exact) mass is 557 g/mol. The molecule has 3 heterocycles. The zero-order valence-electron chi connectivity index (χ0n) is 20.2. The van der Waals surface area contributed by atoms with Crippen LogP contribution in [0.15, 0.2) is 71.9 Å². The van der Waals surface area contributed by atoms with Crippen LogP contribution in [0.1, 0.15) is 11.4 Å². The summed E-state index contributed by atoms with van der Waals surface area (Å²) in [5, 5.41) is 0.749. The smallest absolute Gasteiger partial charge is 0.158 e. The predicted octanol–water partition coefficient (Wildman–Crippen LogP) is 6.23. The predicted molar refractivity (Wildman–Crippen MR) is 141 cm³/mol. The quantitative estimate of drug-likeness (QED) is 0.241. The molecule has 38 heavy (non-hydrogen) atoms. The zero-order chi connectivity index (χ0) is 26.6. The van der Waals surface area contributed by atoms with Gasteiger partial charge in [-0.3, -0.25) is 9.29 Å². The molecule has 4 aromatic rings. The molecule has 0 amide bonds. The minimum absolute atomic E-state index is 0.105. The molecule has 1 unspecified atom stereocenters. The third kappa shape index (κ3) is 5.28. The number of hydrogen-bond donors (Lipinski definition) is 0. The Kier molecular flexibility index (Phi) is 7.98. The van der Waals surface area contributed by atoms with E-state index in [-0.39, 0.29) is 18.0 Å². The van der Waals surface area contributed by atoms with E-state index in [9.17, 15) is 13.0 Å². The van der Waals surface area contributed by atoms with Gasteiger partial charge >= 0.3 is 0 Å². The minimum atomic E-state index is -2.30. The molecule has 2 aromatic heterocycles. The molecule has 1 aliphatic rings. The first-order valence-corrected chi connectivity index (χ1v) is 13.5. The van der Waals surface area contributed by atoms with Crippen LogP contribution in [0.5, 0.6) is 0 Å². The first-order valence-electron chi connectivity index (χ1n) is 11.6. The van der Waals surface area contributed by atoms with Crippen molar-refractivity contribution in [2.24, 2.45) is 0 Å². The maximum absolute atomic E-state index is 16.3. The third-order valence-electron chi connectivity index (χ3n) is 5.84. The van der Waals surface area contributed by atoms with E-state index in [2.05, 4.69) is 4.98 Å². The average Bonchev–Trinajstić information content (AvgIpc) is 3.39. The number of halogens is 3. The van der Waals surface area contributed by atoms with Crippen molar-refractivity contribution in [1.82, 2.24) is 9.97 Å². The van der Waals surface area contributed by atoms with Gasteiger partial charge in [-0.1, -0.05) is 12.1 Å². The van der Waals surface area contributed by atoms with Crippen LogP contribution in [0.2, 0.25) is 0 Å². The highest BCUT2D eigenvalue weighted by molar-refractivity contribution is 7.86. The van der Waals surface area contributed by atoms with Crippen LogP contribution < -0.4 is 4.31 Å². The maximum atomic E-state index is 16.3. The normalized spacial score (nSPS) is 14.3. The van der Waals surface area contributed by atoms with E-state index in [0.717, 1.165) is 43.5 Å². The average molecular weight is 558 g/mol. The van der Waals surface area contributed by atoms with Gasteiger partial charge in [0.2, 0.25) is 0 Å². The Labute approximate surface area is 224 Å². The summed E-state index contributed by atoms with van der Waals surface area (Å²) in [5.74, 6) is -2.36. The molecule has 6 nitrogen and oxygen atoms in total. The molecular formula is C27H22F3N3O3S2. The largest absolute Gasteiger partial charge is 0.377 e. The van der Waals surface area contributed by atoms with E-state index in [1.807, 2.05) is 18.2 Å². The lowest BCUT2D eigenvalue weighted by Gasteiger charge is -2.24. The maximum Gasteiger partial charge on any atom is 0.158 e. The van der Waals surface area contributed by atoms with E-state index < -0.39 is 33.3 Å². The second kappa shape index (κ2) is 11.6. The number of anilines is 1. The molecule has 0 bridgehead atoms. The molecule has 1 aliphatic heterocycles. The van der Waals surface area contributed by atoms with Crippen molar-refractivity contribution >= 4 is 33.6 Å². The van der Waals surface area contributed by atoms with Crippen LogP contribution >= 0.6 is 11.3 Å². The number of hydrogen-bond acceptors (Lipinski definition) is 6. The highest BCUT2D eigenvalue weighted by Gasteiger charge is 2.27. The number of nitrogens with zero attached hydrogens (tertiary/aromatic N) is 3. The van der Waals surface area contributed by atoms with Gasteiger partial charge in [0, 0.05) is 25.1 Å². The molecule has 2 aromatic carbocycles. The second-order valence-electron chi connectivity index (χ2n) is 8.25. The molecule has 1 atom stereocenters. The van der Waals surface area contributed by atoms with E-state index in [4.69, 9.17) is 14.5 Å². The van der Waals surface area contributed by atoms with Gasteiger partial charge in [-0.15, -0.1) is 11.3 Å². The number of ether oxygens (including phenoxy) is 2. The molecule has 5 rings (SSSR count). The van der Waals surface area contributed by atoms with Gasteiger partial charge in [-0.05, 0) is 60.0 Å². The van der Waals surface area contributed by atoms with Crippen molar-refractivity contribution < 1.29 is 26.9 Å². The highest BCUT2D eigenvalue weighted by atomic mass is 32.2. The Hall–Kier alpha value is -3.38. The van der Waals surface area contributed by atoms with Crippen molar-refractivity contribution in [1.29, 1.82) is 0 Å². The molecule has 0 spiro atoms. The number of methoxy groups -OCH3 is 1. The van der Waals surface area contributed by atoms with Gasteiger partial charge in [-0.25, -0.2) is 22.4 Å². The van der Waals surface area contributed by atoms with Crippen molar-refractivity contribution in [2.75, 3.05) is 31.4 Å². The van der Waals surface area contributed by atoms with Crippen LogP contribution in [-0.2, 0) is 20.5 Å². The van der Waals surface area contributed by atoms with E-state index in [0.29, 0.717) is 25.3 Å². The molecular weight excluding hydrogens is 535 g/mol. The summed E-state index contributed by atoms with van der Waals surface area (Å²) in [6.07, 6.45) is 5.95. The van der Waals surface area contributed by atoms with Crippen LogP contribution in [-0.4, -0.2) is 41.2 Å². The lowest BCUT2D eigenvalue weighted by Crippen LogP contribution is -2.29. The number of thiazole rings is 1. The van der Waals surface area contributed by atoms with Gasteiger partial charge in [-0.2, -0.15) is 0 Å². The van der Waals surface area contributed by atoms with E-state index in [1.165, 1.54) is 24.5 Å². The summed E-state index contributed by atoms with van der Waals surface area (Å²) in [7, 11) is -0.967. The summed E-state index contributed by atoms with van der Waals surface area (Å²) in [4.78, 5) is 9.21. The standard InChI is InChI=1S/C27H22F3N3O3S2/c1-35-16-33(38(34)23-15-19(28)5-6-21(23)29)22-4-2-3-20(24(22)30)25-26(17-7-11-31-12-8-17)37-27(32-25)18-9-13-36-14-10-18/h2-9,11-12,15H,10,13-14,16H2,1H3. The van der Waals surface area contributed by atoms with Gasteiger partial charge in [0.15, 0.2) is 16.8 Å². The van der Waals surface area contributed by atoms with Crippen molar-refractivity contribution in [3.05, 3.63) is 89.5 Å². The topological polar surface area (TPSA) is 64.6 Å². The lowest BCUT2D eigenvalue weighted by molar-refractivity contribution is 0.161. The summed E-state index contributed by atoms with van der Waals surface area (Å²) in [6, 6.07) is 10.9. The first kappa shape index (κ1) is 26.2. The fourth-order valence-corrected chi connectivity index (χ4v) is 6.37. The summed E-state index contributed by atoms with van der Waals surface area (Å²) in [6.45, 7) is 0.714. The Morgan fingerprint density at radius 3 is 2.68 bits per heavy atom. The summed E-state index contributed by atoms with van der Waals surface area (Å²) in [5.41, 5.74) is 2.30. The van der Waals surface area contributed by atoms with Crippen LogP contribution in [0.4, 0.5) is 18.9 Å². The fourth-order valence-electron chi connectivity index (χ4n) is 4.01. The number of aromatic nitrogens is 2. The zero-order valence-corrected chi connectivity index (χ0v) is 21.8. The van der Waals surface area contributed by atoms with Crippen molar-refractivity contribution in [2.45, 2.75) is 11.3 Å². The molecule has 196 valence electrons. The Bertz CT molecular complexity index is 1510. The first-order chi connectivity index (χ1) is 18.5. The fraction of sp³-hybridized carbons (Fsp3) is 0.185. The SMILES string of the molecule is COCN(c1cccc(-c2nc(C3=CCOCC3)sc2-c2ccncc2)c1F)S(=O)c1cc(F)ccc1F. The summed E-state index contributed by atoms with van der Waals surface area (Å²) >= 11 is 1.43. The van der Waals surface area contributed by atoms with Crippen LogP contribution in [0, 0.1) is 17.5 Å². The summed E-state index contributed by atoms with van der Waals surface area (Å²) < 4.78 is 69.5. The lowest BCUT2D eigenvalue weighted by atomic mass is 10.1. The number of benzene rings is 2. The Balaban J connectivity index is 1.63. The highest BCUT2D eigenvalue weighted by Crippen LogP contribution is 2.42. The molecule has 0 N–H and O–H groups in total. The van der Waals surface area contributed by atoms with Crippen molar-refractivity contribution in [3.63, 3.8) is 0 Å². The van der Waals surface area contributed by atoms with Gasteiger partial charge < -0.3 is 9.47 Å². The van der Waals surface area contributed by atoms with Gasteiger partial charge in [0.05, 0.1) is 34.4 Å². The van der Waals surface area contributed by atoms with Crippen molar-refractivity contribution in [3.8, 4) is 21.7 Å². The third-order valence-corrected chi connectivity index (χ3v) is 8.41. The van der Waals surface area contributed by atoms with Gasteiger partial charge in [0.25, 0.3) is 0 Å². The van der Waals surface area contributed by atoms with Gasteiger partial charge in [0.1, 0.15) is 23.4 Å². The number of pyridine rings is 1. The van der Waals surface area contributed by atoms with E-state index >= 15 is 4.39 Å². The minimum Gasteiger partial charge on any atom is -0.377 e. The number of rotatable bonds is 8.